The number of hydrogen-bond donors (Lipinski definition) is 2. The maximum absolute atomic E-state index is 12.1. The Labute approximate surface area is 176 Å². The molecule has 0 radical (unpaired) electrons. The van der Waals surface area contributed by atoms with Crippen LogP contribution in [0.25, 0.3) is 0 Å². The molecule has 0 aliphatic carbocycles. The van der Waals surface area contributed by atoms with Crippen LogP contribution in [0.4, 0.5) is 0 Å². The first-order chi connectivity index (χ1) is 14.1. The van der Waals surface area contributed by atoms with E-state index in [1.165, 1.54) is 11.8 Å². The quantitative estimate of drug-likeness (QED) is 0.543. The molecule has 1 heterocycles. The summed E-state index contributed by atoms with van der Waals surface area (Å²) in [4.78, 5) is 27.7. The standard InChI is InChI=1S/C20H28N4O5S/c1-5-16-6-8-17(9-7-16)14(2)22-18(25)13-29-20(26)10-11-21-30(27,28)19-12-24(4)15(3)23-19/h6-9,12,14,21H,5,10-11,13H2,1-4H3,(H,22,25). The lowest BCUT2D eigenvalue weighted by Crippen LogP contribution is -2.32. The normalized spacial score (nSPS) is 12.4. The summed E-state index contributed by atoms with van der Waals surface area (Å²) in [6, 6.07) is 7.68. The monoisotopic (exact) mass is 436 g/mol. The van der Waals surface area contributed by atoms with Crippen molar-refractivity contribution in [2.45, 2.75) is 44.7 Å². The summed E-state index contributed by atoms with van der Waals surface area (Å²) in [5, 5.41) is 2.65. The first-order valence-electron chi connectivity index (χ1n) is 9.65. The molecule has 9 nitrogen and oxygen atoms in total. The first kappa shape index (κ1) is 23.6. The highest BCUT2D eigenvalue weighted by atomic mass is 32.2. The predicted molar refractivity (Wildman–Crippen MR) is 111 cm³/mol. The van der Waals surface area contributed by atoms with Gasteiger partial charge in [0.2, 0.25) is 0 Å². The Hall–Kier alpha value is -2.72. The van der Waals surface area contributed by atoms with Gasteiger partial charge >= 0.3 is 5.97 Å². The van der Waals surface area contributed by atoms with Gasteiger partial charge in [0.1, 0.15) is 5.82 Å². The summed E-state index contributed by atoms with van der Waals surface area (Å²) in [6.45, 7) is 5.01. The molecule has 0 aliphatic heterocycles. The van der Waals surface area contributed by atoms with E-state index in [-0.39, 0.29) is 24.0 Å². The van der Waals surface area contributed by atoms with Gasteiger partial charge in [-0.05, 0) is 31.4 Å². The lowest BCUT2D eigenvalue weighted by Gasteiger charge is -2.15. The van der Waals surface area contributed by atoms with Crippen LogP contribution in [0.2, 0.25) is 0 Å². The van der Waals surface area contributed by atoms with Crippen LogP contribution in [0, 0.1) is 6.92 Å². The third kappa shape index (κ3) is 6.67. The van der Waals surface area contributed by atoms with Gasteiger partial charge in [-0.25, -0.2) is 18.1 Å². The number of sulfonamides is 1. The zero-order valence-corrected chi connectivity index (χ0v) is 18.5. The number of imidazole rings is 1. The highest BCUT2D eigenvalue weighted by Crippen LogP contribution is 2.13. The number of benzene rings is 1. The summed E-state index contributed by atoms with van der Waals surface area (Å²) in [5.41, 5.74) is 2.16. The molecule has 1 aromatic heterocycles. The Kier molecular flexibility index (Phi) is 8.13. The van der Waals surface area contributed by atoms with Crippen LogP contribution in [-0.2, 0) is 37.8 Å². The van der Waals surface area contributed by atoms with Gasteiger partial charge < -0.3 is 14.6 Å². The van der Waals surface area contributed by atoms with Crippen LogP contribution in [0.5, 0.6) is 0 Å². The maximum atomic E-state index is 12.1. The number of esters is 1. The molecule has 164 valence electrons. The van der Waals surface area contributed by atoms with Crippen molar-refractivity contribution in [1.29, 1.82) is 0 Å². The fourth-order valence-corrected chi connectivity index (χ4v) is 3.71. The van der Waals surface area contributed by atoms with Crippen molar-refractivity contribution in [1.82, 2.24) is 19.6 Å². The molecule has 0 fully saturated rings. The molecular formula is C20H28N4O5S. The molecule has 1 aromatic carbocycles. The van der Waals surface area contributed by atoms with Crippen LogP contribution >= 0.6 is 0 Å². The number of aryl methyl sites for hydroxylation is 3. The number of nitrogens with one attached hydrogen (secondary N) is 2. The second kappa shape index (κ2) is 10.4. The van der Waals surface area contributed by atoms with Gasteiger partial charge in [0.15, 0.2) is 11.6 Å². The van der Waals surface area contributed by atoms with Crippen molar-refractivity contribution in [2.75, 3.05) is 13.2 Å². The fraction of sp³-hybridized carbons (Fsp3) is 0.450. The topological polar surface area (TPSA) is 119 Å². The molecule has 0 saturated heterocycles. The van der Waals surface area contributed by atoms with Crippen LogP contribution in [0.1, 0.15) is 43.3 Å². The minimum absolute atomic E-state index is 0.115. The van der Waals surface area contributed by atoms with Crippen molar-refractivity contribution in [2.24, 2.45) is 7.05 Å². The number of carbonyl (C=O) groups excluding carboxylic acids is 2. The summed E-state index contributed by atoms with van der Waals surface area (Å²) in [6.07, 6.45) is 2.12. The van der Waals surface area contributed by atoms with Gasteiger partial charge in [-0.2, -0.15) is 0 Å². The van der Waals surface area contributed by atoms with Gasteiger partial charge in [0.25, 0.3) is 15.9 Å². The van der Waals surface area contributed by atoms with Gasteiger partial charge in [-0.3, -0.25) is 9.59 Å². The highest BCUT2D eigenvalue weighted by molar-refractivity contribution is 7.89. The Balaban J connectivity index is 1.72. The van der Waals surface area contributed by atoms with E-state index < -0.39 is 28.5 Å². The lowest BCUT2D eigenvalue weighted by molar-refractivity contribution is -0.148. The minimum Gasteiger partial charge on any atom is -0.456 e. The molecule has 0 spiro atoms. The number of rotatable bonds is 10. The highest BCUT2D eigenvalue weighted by Gasteiger charge is 2.19. The molecule has 30 heavy (non-hydrogen) atoms. The zero-order chi connectivity index (χ0) is 22.3. The van der Waals surface area contributed by atoms with E-state index in [9.17, 15) is 18.0 Å². The summed E-state index contributed by atoms with van der Waals surface area (Å²) in [7, 11) is -2.12. The molecule has 1 unspecified atom stereocenters. The van der Waals surface area contributed by atoms with E-state index in [0.29, 0.717) is 5.82 Å². The molecule has 0 saturated carbocycles. The van der Waals surface area contributed by atoms with Gasteiger partial charge in [0, 0.05) is 19.8 Å². The number of ether oxygens (including phenoxy) is 1. The molecule has 2 rings (SSSR count). The van der Waals surface area contributed by atoms with Crippen molar-refractivity contribution in [3.05, 3.63) is 47.4 Å². The maximum Gasteiger partial charge on any atom is 0.307 e. The van der Waals surface area contributed by atoms with Crippen molar-refractivity contribution in [3.63, 3.8) is 0 Å². The average Bonchev–Trinajstić information content (AvgIpc) is 3.05. The Morgan fingerprint density at radius 1 is 1.23 bits per heavy atom. The molecule has 2 aromatic rings. The number of aromatic nitrogens is 2. The second-order valence-electron chi connectivity index (χ2n) is 6.93. The first-order valence-corrected chi connectivity index (χ1v) is 11.1. The number of nitrogens with zero attached hydrogens (tertiary/aromatic N) is 2. The molecule has 0 aliphatic rings. The zero-order valence-electron chi connectivity index (χ0n) is 17.6. The summed E-state index contributed by atoms with van der Waals surface area (Å²) >= 11 is 0. The average molecular weight is 437 g/mol. The van der Waals surface area contributed by atoms with E-state index in [4.69, 9.17) is 4.74 Å². The van der Waals surface area contributed by atoms with E-state index in [1.54, 1.807) is 18.5 Å². The van der Waals surface area contributed by atoms with Gasteiger partial charge in [0.05, 0.1) is 12.5 Å². The number of carbonyl (C=O) groups is 2. The largest absolute Gasteiger partial charge is 0.456 e. The second-order valence-corrected chi connectivity index (χ2v) is 8.64. The minimum atomic E-state index is -3.81. The fourth-order valence-electron chi connectivity index (χ4n) is 2.64. The van der Waals surface area contributed by atoms with Crippen molar-refractivity contribution >= 4 is 21.9 Å². The van der Waals surface area contributed by atoms with E-state index in [1.807, 2.05) is 31.2 Å². The number of amides is 1. The molecule has 1 atom stereocenters. The Morgan fingerprint density at radius 3 is 2.47 bits per heavy atom. The van der Waals surface area contributed by atoms with Crippen LogP contribution in [0.3, 0.4) is 0 Å². The molecule has 1 amide bonds. The third-order valence-corrected chi connectivity index (χ3v) is 5.94. The summed E-state index contributed by atoms with van der Waals surface area (Å²) < 4.78 is 33.1. The van der Waals surface area contributed by atoms with Crippen molar-refractivity contribution in [3.8, 4) is 0 Å². The predicted octanol–water partition coefficient (Wildman–Crippen LogP) is 1.38. The Bertz CT molecular complexity index is 964. The van der Waals surface area contributed by atoms with Crippen molar-refractivity contribution < 1.29 is 22.7 Å². The molecular weight excluding hydrogens is 408 g/mol. The number of hydrogen-bond acceptors (Lipinski definition) is 6. The van der Waals surface area contributed by atoms with E-state index in [0.717, 1.165) is 12.0 Å². The summed E-state index contributed by atoms with van der Waals surface area (Å²) in [5.74, 6) is -0.554. The van der Waals surface area contributed by atoms with E-state index >= 15 is 0 Å². The Morgan fingerprint density at radius 2 is 1.90 bits per heavy atom. The van der Waals surface area contributed by atoms with E-state index in [2.05, 4.69) is 21.9 Å². The molecule has 0 bridgehead atoms. The molecule has 2 N–H and O–H groups in total. The van der Waals surface area contributed by atoms with Gasteiger partial charge in [-0.1, -0.05) is 31.2 Å². The van der Waals surface area contributed by atoms with Crippen LogP contribution < -0.4 is 10.0 Å². The third-order valence-electron chi connectivity index (χ3n) is 4.61. The van der Waals surface area contributed by atoms with Crippen LogP contribution in [0.15, 0.2) is 35.5 Å². The lowest BCUT2D eigenvalue weighted by atomic mass is 10.1. The SMILES string of the molecule is CCc1ccc(C(C)NC(=O)COC(=O)CCNS(=O)(=O)c2cn(C)c(C)n2)cc1. The molecule has 10 heteroatoms. The van der Waals surface area contributed by atoms with Gasteiger partial charge in [-0.15, -0.1) is 0 Å². The smallest absolute Gasteiger partial charge is 0.307 e. The van der Waals surface area contributed by atoms with Crippen LogP contribution in [-0.4, -0.2) is 43.0 Å².